The van der Waals surface area contributed by atoms with E-state index in [4.69, 9.17) is 20.6 Å². The van der Waals surface area contributed by atoms with Gasteiger partial charge in [0.15, 0.2) is 0 Å². The van der Waals surface area contributed by atoms with E-state index in [0.29, 0.717) is 13.0 Å². The maximum Gasteiger partial charge on any atom is 0.0924 e. The second kappa shape index (κ2) is 10.3. The summed E-state index contributed by atoms with van der Waals surface area (Å²) in [5.41, 5.74) is 6.83. The van der Waals surface area contributed by atoms with Gasteiger partial charge in [-0.05, 0) is 12.0 Å². The molecule has 1 atom stereocenters. The van der Waals surface area contributed by atoms with Gasteiger partial charge in [-0.3, -0.25) is 10.3 Å². The highest BCUT2D eigenvalue weighted by Crippen LogP contribution is 2.24. The summed E-state index contributed by atoms with van der Waals surface area (Å²) < 4.78 is 10.4. The number of nitrogens with one attached hydrogen (secondary N) is 1. The van der Waals surface area contributed by atoms with E-state index in [2.05, 4.69) is 17.0 Å². The predicted molar refractivity (Wildman–Crippen MR) is 85.7 cm³/mol. The van der Waals surface area contributed by atoms with E-state index in [-0.39, 0.29) is 11.9 Å². The van der Waals surface area contributed by atoms with Crippen molar-refractivity contribution in [2.75, 3.05) is 40.5 Å². The van der Waals surface area contributed by atoms with Gasteiger partial charge in [-0.2, -0.15) is 0 Å². The van der Waals surface area contributed by atoms with E-state index in [0.717, 1.165) is 26.1 Å². The second-order valence-corrected chi connectivity index (χ2v) is 5.03. The minimum Gasteiger partial charge on any atom is -0.388 e. The predicted octanol–water partition coefficient (Wildman–Crippen LogP) is 2.04. The molecule has 0 saturated carbocycles. The van der Waals surface area contributed by atoms with Crippen LogP contribution in [0.4, 0.5) is 0 Å². The van der Waals surface area contributed by atoms with Crippen molar-refractivity contribution in [3.8, 4) is 0 Å². The average Bonchev–Trinajstić information content (AvgIpc) is 2.49. The van der Waals surface area contributed by atoms with Crippen LogP contribution in [0.1, 0.15) is 24.4 Å². The molecule has 0 amide bonds. The average molecular weight is 293 g/mol. The zero-order chi connectivity index (χ0) is 15.5. The largest absolute Gasteiger partial charge is 0.388 e. The van der Waals surface area contributed by atoms with Gasteiger partial charge in [-0.1, -0.05) is 30.3 Å². The van der Waals surface area contributed by atoms with Crippen LogP contribution in [-0.2, 0) is 9.47 Å². The normalized spacial score (nSPS) is 12.5. The van der Waals surface area contributed by atoms with Gasteiger partial charge in [0.2, 0.25) is 0 Å². The van der Waals surface area contributed by atoms with Crippen LogP contribution in [0.25, 0.3) is 0 Å². The summed E-state index contributed by atoms with van der Waals surface area (Å²) >= 11 is 0. The smallest absolute Gasteiger partial charge is 0.0924 e. The van der Waals surface area contributed by atoms with Crippen molar-refractivity contribution < 1.29 is 9.47 Å². The first-order valence-electron chi connectivity index (χ1n) is 7.28. The van der Waals surface area contributed by atoms with Crippen LogP contribution in [0.15, 0.2) is 30.3 Å². The summed E-state index contributed by atoms with van der Waals surface area (Å²) in [6.45, 7) is 3.09. The molecule has 0 saturated heterocycles. The molecular weight excluding hydrogens is 266 g/mol. The SMILES string of the molecule is COCCCN(CCOC)C(CC(=N)N)c1ccccc1. The molecule has 3 N–H and O–H groups in total. The minimum absolute atomic E-state index is 0.107. The quantitative estimate of drug-likeness (QED) is 0.372. The molecule has 1 unspecified atom stereocenters. The Hall–Kier alpha value is -1.43. The highest BCUT2D eigenvalue weighted by atomic mass is 16.5. The number of nitrogens with zero attached hydrogens (tertiary/aromatic N) is 1. The lowest BCUT2D eigenvalue weighted by Crippen LogP contribution is -2.35. The van der Waals surface area contributed by atoms with Crippen LogP contribution in [-0.4, -0.2) is 51.3 Å². The Balaban J connectivity index is 2.84. The van der Waals surface area contributed by atoms with Crippen molar-refractivity contribution in [1.29, 1.82) is 5.41 Å². The fourth-order valence-corrected chi connectivity index (χ4v) is 2.39. The van der Waals surface area contributed by atoms with Crippen LogP contribution in [0, 0.1) is 5.41 Å². The van der Waals surface area contributed by atoms with E-state index in [1.165, 1.54) is 5.56 Å². The van der Waals surface area contributed by atoms with Crippen LogP contribution in [0.2, 0.25) is 0 Å². The molecular formula is C16H27N3O2. The summed E-state index contributed by atoms with van der Waals surface area (Å²) in [7, 11) is 3.42. The van der Waals surface area contributed by atoms with Crippen molar-refractivity contribution in [1.82, 2.24) is 4.90 Å². The maximum absolute atomic E-state index is 7.65. The number of amidine groups is 1. The molecule has 0 aromatic heterocycles. The van der Waals surface area contributed by atoms with E-state index in [9.17, 15) is 0 Å². The molecule has 1 aromatic carbocycles. The summed E-state index contributed by atoms with van der Waals surface area (Å²) in [5, 5.41) is 7.65. The summed E-state index contributed by atoms with van der Waals surface area (Å²) in [5.74, 6) is 0.206. The van der Waals surface area contributed by atoms with Crippen LogP contribution in [0.3, 0.4) is 0 Å². The number of methoxy groups -OCH3 is 2. The van der Waals surface area contributed by atoms with Crippen LogP contribution < -0.4 is 5.73 Å². The van der Waals surface area contributed by atoms with Gasteiger partial charge in [-0.25, -0.2) is 0 Å². The maximum atomic E-state index is 7.65. The molecule has 0 fully saturated rings. The molecule has 5 heteroatoms. The minimum atomic E-state index is 0.107. The topological polar surface area (TPSA) is 71.6 Å². The standard InChI is InChI=1S/C16H27N3O2/c1-20-11-6-9-19(10-12-21-2)15(13-16(17)18)14-7-4-3-5-8-14/h3-5,7-8,15H,6,9-13H2,1-2H3,(H3,17,18). The number of ether oxygens (including phenoxy) is 2. The lowest BCUT2D eigenvalue weighted by Gasteiger charge is -2.31. The Kier molecular flexibility index (Phi) is 8.66. The highest BCUT2D eigenvalue weighted by molar-refractivity contribution is 5.77. The first-order valence-corrected chi connectivity index (χ1v) is 7.28. The van der Waals surface area contributed by atoms with Crippen molar-refractivity contribution in [2.24, 2.45) is 5.73 Å². The van der Waals surface area contributed by atoms with Crippen LogP contribution >= 0.6 is 0 Å². The zero-order valence-corrected chi connectivity index (χ0v) is 13.0. The van der Waals surface area contributed by atoms with Gasteiger partial charge in [0.05, 0.1) is 12.4 Å². The van der Waals surface area contributed by atoms with Crippen molar-refractivity contribution in [3.63, 3.8) is 0 Å². The Morgan fingerprint density at radius 2 is 1.81 bits per heavy atom. The number of nitrogens with two attached hydrogens (primary N) is 1. The van der Waals surface area contributed by atoms with Crippen molar-refractivity contribution in [2.45, 2.75) is 18.9 Å². The van der Waals surface area contributed by atoms with Crippen molar-refractivity contribution >= 4 is 5.84 Å². The van der Waals surface area contributed by atoms with Gasteiger partial charge in [0.1, 0.15) is 0 Å². The molecule has 0 aliphatic heterocycles. The second-order valence-electron chi connectivity index (χ2n) is 5.03. The third-order valence-corrected chi connectivity index (χ3v) is 3.41. The molecule has 1 rings (SSSR count). The molecule has 0 bridgehead atoms. The third kappa shape index (κ3) is 6.71. The van der Waals surface area contributed by atoms with E-state index in [1.54, 1.807) is 14.2 Å². The summed E-state index contributed by atoms with van der Waals surface area (Å²) in [4.78, 5) is 2.32. The molecule has 21 heavy (non-hydrogen) atoms. The molecule has 0 heterocycles. The van der Waals surface area contributed by atoms with E-state index in [1.807, 2.05) is 18.2 Å². The van der Waals surface area contributed by atoms with Crippen LogP contribution in [0.5, 0.6) is 0 Å². The first kappa shape index (κ1) is 17.6. The summed E-state index contributed by atoms with van der Waals surface area (Å²) in [6.07, 6.45) is 1.47. The van der Waals surface area contributed by atoms with Gasteiger partial charge < -0.3 is 15.2 Å². The monoisotopic (exact) mass is 293 g/mol. The molecule has 0 aliphatic rings. The van der Waals surface area contributed by atoms with Gasteiger partial charge in [0.25, 0.3) is 0 Å². The summed E-state index contributed by atoms with van der Waals surface area (Å²) in [6, 6.07) is 10.3. The Morgan fingerprint density at radius 1 is 1.14 bits per heavy atom. The lowest BCUT2D eigenvalue weighted by molar-refractivity contribution is 0.107. The fourth-order valence-electron chi connectivity index (χ4n) is 2.39. The number of benzene rings is 1. The molecule has 0 spiro atoms. The Morgan fingerprint density at radius 3 is 2.38 bits per heavy atom. The fraction of sp³-hybridized carbons (Fsp3) is 0.562. The Labute approximate surface area is 127 Å². The lowest BCUT2D eigenvalue weighted by atomic mass is 10.0. The Bertz CT molecular complexity index is 398. The zero-order valence-electron chi connectivity index (χ0n) is 13.0. The van der Waals surface area contributed by atoms with Gasteiger partial charge in [0, 0.05) is 46.4 Å². The number of rotatable bonds is 11. The highest BCUT2D eigenvalue weighted by Gasteiger charge is 2.20. The molecule has 0 aliphatic carbocycles. The van der Waals surface area contributed by atoms with E-state index >= 15 is 0 Å². The van der Waals surface area contributed by atoms with Gasteiger partial charge >= 0.3 is 0 Å². The van der Waals surface area contributed by atoms with E-state index < -0.39 is 0 Å². The third-order valence-electron chi connectivity index (χ3n) is 3.41. The molecule has 0 radical (unpaired) electrons. The number of hydrogen-bond acceptors (Lipinski definition) is 4. The van der Waals surface area contributed by atoms with Crippen molar-refractivity contribution in [3.05, 3.63) is 35.9 Å². The first-order chi connectivity index (χ1) is 10.2. The van der Waals surface area contributed by atoms with Gasteiger partial charge in [-0.15, -0.1) is 0 Å². The molecule has 118 valence electrons. The molecule has 5 nitrogen and oxygen atoms in total. The molecule has 1 aromatic rings. The number of hydrogen-bond donors (Lipinski definition) is 2.